The quantitative estimate of drug-likeness (QED) is 0.366. The van der Waals surface area contributed by atoms with E-state index in [0.29, 0.717) is 45.8 Å². The monoisotopic (exact) mass is 515 g/mol. The fraction of sp³-hybridized carbons (Fsp3) is 0.406. The fourth-order valence-corrected chi connectivity index (χ4v) is 5.67. The first-order valence-corrected chi connectivity index (χ1v) is 13.5. The van der Waals surface area contributed by atoms with E-state index in [9.17, 15) is 4.79 Å². The molecule has 6 heteroatoms. The number of carbonyl (C=O) groups is 1. The summed E-state index contributed by atoms with van der Waals surface area (Å²) in [5.74, 6) is 0.265. The summed E-state index contributed by atoms with van der Waals surface area (Å²) in [6.07, 6.45) is -0.0460. The van der Waals surface area contributed by atoms with Crippen molar-refractivity contribution in [3.63, 3.8) is 0 Å². The van der Waals surface area contributed by atoms with Crippen LogP contribution in [0.4, 0.5) is 0 Å². The zero-order valence-corrected chi connectivity index (χ0v) is 22.0. The lowest BCUT2D eigenvalue weighted by molar-refractivity contribution is -0.231. The Kier molecular flexibility index (Phi) is 9.33. The van der Waals surface area contributed by atoms with Gasteiger partial charge >= 0.3 is 0 Å². The third kappa shape index (κ3) is 6.57. The van der Waals surface area contributed by atoms with Crippen LogP contribution in [0, 0.1) is 0 Å². The zero-order chi connectivity index (χ0) is 26.2. The zero-order valence-electron chi connectivity index (χ0n) is 22.0. The molecule has 2 heterocycles. The molecule has 6 nitrogen and oxygen atoms in total. The first-order chi connectivity index (χ1) is 18.7. The van der Waals surface area contributed by atoms with E-state index in [1.165, 1.54) is 0 Å². The summed E-state index contributed by atoms with van der Waals surface area (Å²) in [6.45, 7) is 2.48. The molecule has 1 unspecified atom stereocenters. The Morgan fingerprint density at radius 2 is 1.16 bits per heavy atom. The van der Waals surface area contributed by atoms with Crippen LogP contribution in [-0.2, 0) is 43.6 Å². The molecule has 0 aromatic heterocycles. The van der Waals surface area contributed by atoms with Crippen molar-refractivity contribution in [1.29, 1.82) is 0 Å². The van der Waals surface area contributed by atoms with E-state index >= 15 is 0 Å². The highest BCUT2D eigenvalue weighted by Crippen LogP contribution is 2.36. The highest BCUT2D eigenvalue weighted by atomic mass is 16.6. The average Bonchev–Trinajstić information content (AvgIpc) is 2.96. The van der Waals surface area contributed by atoms with Crippen LogP contribution in [-0.4, -0.2) is 61.3 Å². The minimum Gasteiger partial charge on any atom is -0.383 e. The molecule has 0 N–H and O–H groups in total. The van der Waals surface area contributed by atoms with Crippen LogP contribution in [0.5, 0.6) is 0 Å². The predicted molar refractivity (Wildman–Crippen MR) is 145 cm³/mol. The molecule has 5 atom stereocenters. The lowest BCUT2D eigenvalue weighted by Gasteiger charge is -2.54. The molecule has 200 valence electrons. The number of Topliss-reactive ketones (excluding diaryl/α,β-unsaturated/α-hetero) is 1. The molecule has 2 aliphatic heterocycles. The minimum atomic E-state index is -0.380. The summed E-state index contributed by atoms with van der Waals surface area (Å²) in [5.41, 5.74) is 3.27. The molecule has 0 aliphatic carbocycles. The van der Waals surface area contributed by atoms with Gasteiger partial charge < -0.3 is 18.9 Å². The molecule has 38 heavy (non-hydrogen) atoms. The Labute approximate surface area is 225 Å². The number of nitrogens with zero attached hydrogens (tertiary/aromatic N) is 1. The van der Waals surface area contributed by atoms with Gasteiger partial charge in [0.1, 0.15) is 24.1 Å². The summed E-state index contributed by atoms with van der Waals surface area (Å²) < 4.78 is 25.7. The van der Waals surface area contributed by atoms with Crippen molar-refractivity contribution in [3.8, 4) is 0 Å². The van der Waals surface area contributed by atoms with Gasteiger partial charge in [-0.2, -0.15) is 0 Å². The van der Waals surface area contributed by atoms with Gasteiger partial charge in [-0.05, 0) is 16.7 Å². The lowest BCUT2D eigenvalue weighted by Crippen LogP contribution is -2.70. The maximum absolute atomic E-state index is 12.7. The third-order valence-corrected chi connectivity index (χ3v) is 7.54. The maximum Gasteiger partial charge on any atom is 0.135 e. The van der Waals surface area contributed by atoms with Gasteiger partial charge in [0.05, 0.1) is 32.5 Å². The fourth-order valence-electron chi connectivity index (χ4n) is 5.67. The number of ketones is 1. The van der Waals surface area contributed by atoms with Gasteiger partial charge in [-0.15, -0.1) is 0 Å². The van der Waals surface area contributed by atoms with Crippen molar-refractivity contribution in [1.82, 2.24) is 4.90 Å². The second-order valence-corrected chi connectivity index (χ2v) is 10.1. The van der Waals surface area contributed by atoms with Crippen LogP contribution in [0.1, 0.15) is 29.5 Å². The standard InChI is InChI=1S/C32H37NO5/c1-35-23-29-31(37-21-25-13-7-3-8-14-25)32(38-22-26-15-9-4-10-16-26)30(28-19-27(34)17-18-33(28)29)36-20-24-11-5-2-6-12-24/h2-16,28-32H,17-23H2,1H3/t28?,29-,30-,31-,32-/m0/s1. The first-order valence-electron chi connectivity index (χ1n) is 13.5. The van der Waals surface area contributed by atoms with Crippen LogP contribution < -0.4 is 0 Å². The van der Waals surface area contributed by atoms with Gasteiger partial charge in [-0.1, -0.05) is 91.0 Å². The van der Waals surface area contributed by atoms with Gasteiger partial charge in [-0.3, -0.25) is 9.69 Å². The Morgan fingerprint density at radius 1 is 0.684 bits per heavy atom. The van der Waals surface area contributed by atoms with Crippen LogP contribution in [0.15, 0.2) is 91.0 Å². The normalized spacial score (nSPS) is 25.7. The molecule has 2 fully saturated rings. The van der Waals surface area contributed by atoms with E-state index in [2.05, 4.69) is 41.3 Å². The summed E-state index contributed by atoms with van der Waals surface area (Å²) in [5, 5.41) is 0. The molecule has 2 saturated heterocycles. The number of hydrogen-bond donors (Lipinski definition) is 0. The topological polar surface area (TPSA) is 57.2 Å². The molecule has 5 rings (SSSR count). The number of methoxy groups -OCH3 is 1. The molecule has 0 amide bonds. The van der Waals surface area contributed by atoms with E-state index in [1.54, 1.807) is 7.11 Å². The van der Waals surface area contributed by atoms with E-state index in [1.807, 2.05) is 54.6 Å². The molecular formula is C32H37NO5. The smallest absolute Gasteiger partial charge is 0.135 e. The molecule has 0 spiro atoms. The van der Waals surface area contributed by atoms with Crippen molar-refractivity contribution >= 4 is 5.78 Å². The van der Waals surface area contributed by atoms with Crippen molar-refractivity contribution in [3.05, 3.63) is 108 Å². The number of rotatable bonds is 11. The van der Waals surface area contributed by atoms with Crippen molar-refractivity contribution in [2.75, 3.05) is 20.3 Å². The van der Waals surface area contributed by atoms with Crippen LogP contribution >= 0.6 is 0 Å². The predicted octanol–water partition coefficient (Wildman–Crippen LogP) is 4.80. The Hall–Kier alpha value is -2.87. The number of piperidine rings is 2. The number of carbonyl (C=O) groups excluding carboxylic acids is 1. The van der Waals surface area contributed by atoms with E-state index in [-0.39, 0.29) is 36.2 Å². The second-order valence-electron chi connectivity index (χ2n) is 10.1. The largest absolute Gasteiger partial charge is 0.383 e. The number of ether oxygens (including phenoxy) is 4. The second kappa shape index (κ2) is 13.3. The number of fused-ring (bicyclic) bond motifs is 1. The van der Waals surface area contributed by atoms with E-state index < -0.39 is 0 Å². The highest BCUT2D eigenvalue weighted by molar-refractivity contribution is 5.80. The van der Waals surface area contributed by atoms with Crippen LogP contribution in [0.3, 0.4) is 0 Å². The Balaban J connectivity index is 1.46. The highest BCUT2D eigenvalue weighted by Gasteiger charge is 2.53. The Bertz CT molecular complexity index is 1130. The molecule has 0 bridgehead atoms. The average molecular weight is 516 g/mol. The van der Waals surface area contributed by atoms with Gasteiger partial charge in [0.25, 0.3) is 0 Å². The first kappa shape index (κ1) is 26.7. The lowest BCUT2D eigenvalue weighted by atomic mass is 9.82. The summed E-state index contributed by atoms with van der Waals surface area (Å²) in [7, 11) is 1.72. The van der Waals surface area contributed by atoms with Crippen LogP contribution in [0.2, 0.25) is 0 Å². The van der Waals surface area contributed by atoms with E-state index in [0.717, 1.165) is 16.7 Å². The Morgan fingerprint density at radius 3 is 1.66 bits per heavy atom. The summed E-state index contributed by atoms with van der Waals surface area (Å²) in [4.78, 5) is 15.1. The van der Waals surface area contributed by atoms with Crippen molar-refractivity contribution in [2.45, 2.75) is 63.1 Å². The maximum atomic E-state index is 12.7. The van der Waals surface area contributed by atoms with Gasteiger partial charge in [0, 0.05) is 32.5 Å². The van der Waals surface area contributed by atoms with Crippen molar-refractivity contribution < 1.29 is 23.7 Å². The van der Waals surface area contributed by atoms with Crippen LogP contribution in [0.25, 0.3) is 0 Å². The molecule has 3 aromatic rings. The molecule has 0 saturated carbocycles. The minimum absolute atomic E-state index is 0.0563. The van der Waals surface area contributed by atoms with Crippen molar-refractivity contribution in [2.24, 2.45) is 0 Å². The summed E-state index contributed by atoms with van der Waals surface area (Å²) >= 11 is 0. The summed E-state index contributed by atoms with van der Waals surface area (Å²) in [6, 6.07) is 30.3. The molecule has 3 aromatic carbocycles. The van der Waals surface area contributed by atoms with Gasteiger partial charge in [0.2, 0.25) is 0 Å². The van der Waals surface area contributed by atoms with Gasteiger partial charge in [0.15, 0.2) is 0 Å². The molecular weight excluding hydrogens is 478 g/mol. The third-order valence-electron chi connectivity index (χ3n) is 7.54. The molecule has 0 radical (unpaired) electrons. The van der Waals surface area contributed by atoms with Gasteiger partial charge in [-0.25, -0.2) is 0 Å². The molecule has 2 aliphatic rings. The number of benzene rings is 3. The number of hydrogen-bond acceptors (Lipinski definition) is 6. The SMILES string of the molecule is COC[C@H]1[C@H](OCc2ccccc2)[C@@H](OCc2ccccc2)[C@@H](OCc2ccccc2)C2CC(=O)CCN21. The van der Waals surface area contributed by atoms with E-state index in [4.69, 9.17) is 18.9 Å².